The highest BCUT2D eigenvalue weighted by Gasteiger charge is 2.06. The Morgan fingerprint density at radius 2 is 2.38 bits per heavy atom. The van der Waals surface area contributed by atoms with E-state index in [4.69, 9.17) is 10.00 Å². The van der Waals surface area contributed by atoms with Gasteiger partial charge < -0.3 is 10.1 Å². The molecule has 0 aliphatic carbocycles. The topological polar surface area (TPSA) is 62.1 Å². The average Bonchev–Trinajstić information content (AvgIpc) is 2.05. The molecule has 0 fully saturated rings. The average molecular weight is 184 g/mol. The van der Waals surface area contributed by atoms with Crippen LogP contribution < -0.4 is 5.32 Å². The fraction of sp³-hybridized carbons (Fsp3) is 0.778. The third-order valence-electron chi connectivity index (χ3n) is 1.49. The molecular formula is C9H16N2O2. The van der Waals surface area contributed by atoms with E-state index in [-0.39, 0.29) is 6.04 Å². The van der Waals surface area contributed by atoms with Crippen LogP contribution in [0.5, 0.6) is 0 Å². The molecule has 1 N–H and O–H groups in total. The fourth-order valence-corrected chi connectivity index (χ4v) is 0.740. The normalized spacial score (nSPS) is 11.5. The minimum absolute atomic E-state index is 0.140. The highest BCUT2D eigenvalue weighted by atomic mass is 16.5. The van der Waals surface area contributed by atoms with Crippen LogP contribution in [0.3, 0.4) is 0 Å². The quantitative estimate of drug-likeness (QED) is 0.663. The van der Waals surface area contributed by atoms with E-state index in [1.165, 1.54) is 0 Å². The molecule has 0 saturated heterocycles. The standard InChI is InChI=1S/C9H16N2O2/c1-3-4-7-13-9(12)11-8(2)5-6-10/h8H,3-5,7H2,1-2H3,(H,11,12). The Morgan fingerprint density at radius 1 is 1.69 bits per heavy atom. The lowest BCUT2D eigenvalue weighted by molar-refractivity contribution is 0.141. The molecule has 0 aromatic rings. The molecule has 0 rings (SSSR count). The minimum Gasteiger partial charge on any atom is -0.450 e. The maximum atomic E-state index is 11.0. The summed E-state index contributed by atoms with van der Waals surface area (Å²) in [5.74, 6) is 0. The van der Waals surface area contributed by atoms with Gasteiger partial charge >= 0.3 is 6.09 Å². The summed E-state index contributed by atoms with van der Waals surface area (Å²) in [6.07, 6.45) is 1.75. The number of nitrogens with one attached hydrogen (secondary N) is 1. The third kappa shape index (κ3) is 7.13. The highest BCUT2D eigenvalue weighted by molar-refractivity contribution is 5.67. The lowest BCUT2D eigenvalue weighted by atomic mass is 10.3. The molecule has 0 heterocycles. The zero-order valence-corrected chi connectivity index (χ0v) is 8.17. The van der Waals surface area contributed by atoms with Crippen molar-refractivity contribution in [3.63, 3.8) is 0 Å². The molecule has 13 heavy (non-hydrogen) atoms. The second-order valence-electron chi connectivity index (χ2n) is 2.90. The molecule has 1 unspecified atom stereocenters. The minimum atomic E-state index is -0.434. The van der Waals surface area contributed by atoms with E-state index >= 15 is 0 Å². The Morgan fingerprint density at radius 3 is 2.92 bits per heavy atom. The Balaban J connectivity index is 3.45. The van der Waals surface area contributed by atoms with Gasteiger partial charge in [0.05, 0.1) is 19.1 Å². The van der Waals surface area contributed by atoms with Crippen molar-refractivity contribution in [1.82, 2.24) is 5.32 Å². The monoisotopic (exact) mass is 184 g/mol. The van der Waals surface area contributed by atoms with Crippen LogP contribution in [-0.2, 0) is 4.74 Å². The predicted octanol–water partition coefficient (Wildman–Crippen LogP) is 1.81. The van der Waals surface area contributed by atoms with Gasteiger partial charge in [-0.2, -0.15) is 5.26 Å². The van der Waals surface area contributed by atoms with Gasteiger partial charge in [0.25, 0.3) is 0 Å². The van der Waals surface area contributed by atoms with Crippen LogP contribution in [0.2, 0.25) is 0 Å². The first kappa shape index (κ1) is 11.8. The number of hydrogen-bond acceptors (Lipinski definition) is 3. The van der Waals surface area contributed by atoms with Gasteiger partial charge in [-0.25, -0.2) is 4.79 Å². The molecule has 0 aliphatic heterocycles. The Kier molecular flexibility index (Phi) is 6.70. The van der Waals surface area contributed by atoms with Gasteiger partial charge in [0.15, 0.2) is 0 Å². The van der Waals surface area contributed by atoms with E-state index in [9.17, 15) is 4.79 Å². The lowest BCUT2D eigenvalue weighted by Crippen LogP contribution is -2.32. The highest BCUT2D eigenvalue weighted by Crippen LogP contribution is 1.92. The first-order chi connectivity index (χ1) is 6.20. The van der Waals surface area contributed by atoms with Crippen molar-refractivity contribution in [2.45, 2.75) is 39.2 Å². The zero-order valence-electron chi connectivity index (χ0n) is 8.17. The molecule has 1 atom stereocenters. The zero-order chi connectivity index (χ0) is 10.1. The van der Waals surface area contributed by atoms with Crippen molar-refractivity contribution in [2.24, 2.45) is 0 Å². The molecule has 0 radical (unpaired) electrons. The molecule has 0 aliphatic rings. The maximum absolute atomic E-state index is 11.0. The number of nitrogens with zero attached hydrogens (tertiary/aromatic N) is 1. The summed E-state index contributed by atoms with van der Waals surface area (Å²) in [6.45, 7) is 4.24. The van der Waals surface area contributed by atoms with Gasteiger partial charge in [0.2, 0.25) is 0 Å². The Labute approximate surface area is 78.9 Å². The second-order valence-corrected chi connectivity index (χ2v) is 2.90. The first-order valence-electron chi connectivity index (χ1n) is 4.51. The van der Waals surface area contributed by atoms with Crippen LogP contribution in [0.15, 0.2) is 0 Å². The third-order valence-corrected chi connectivity index (χ3v) is 1.49. The predicted molar refractivity (Wildman–Crippen MR) is 49.1 cm³/mol. The van der Waals surface area contributed by atoms with Crippen molar-refractivity contribution in [1.29, 1.82) is 5.26 Å². The molecular weight excluding hydrogens is 168 g/mol. The molecule has 4 heteroatoms. The van der Waals surface area contributed by atoms with E-state index in [0.717, 1.165) is 12.8 Å². The van der Waals surface area contributed by atoms with Gasteiger partial charge in [0, 0.05) is 6.04 Å². The van der Waals surface area contributed by atoms with Gasteiger partial charge in [-0.15, -0.1) is 0 Å². The van der Waals surface area contributed by atoms with Crippen molar-refractivity contribution < 1.29 is 9.53 Å². The molecule has 0 aromatic carbocycles. The van der Waals surface area contributed by atoms with E-state index in [1.54, 1.807) is 6.92 Å². The summed E-state index contributed by atoms with van der Waals surface area (Å²) in [4.78, 5) is 11.0. The summed E-state index contributed by atoms with van der Waals surface area (Å²) >= 11 is 0. The number of alkyl carbamates (subject to hydrolysis) is 1. The summed E-state index contributed by atoms with van der Waals surface area (Å²) in [7, 11) is 0. The fourth-order valence-electron chi connectivity index (χ4n) is 0.740. The van der Waals surface area contributed by atoms with Crippen LogP contribution >= 0.6 is 0 Å². The molecule has 1 amide bonds. The molecule has 0 bridgehead atoms. The molecule has 0 aromatic heterocycles. The van der Waals surface area contributed by atoms with Gasteiger partial charge in [-0.1, -0.05) is 13.3 Å². The molecule has 4 nitrogen and oxygen atoms in total. The van der Waals surface area contributed by atoms with E-state index in [1.807, 2.05) is 13.0 Å². The van der Waals surface area contributed by atoms with Crippen LogP contribution in [0.25, 0.3) is 0 Å². The summed E-state index contributed by atoms with van der Waals surface area (Å²) in [5.41, 5.74) is 0. The van der Waals surface area contributed by atoms with Crippen molar-refractivity contribution in [3.8, 4) is 6.07 Å². The van der Waals surface area contributed by atoms with Crippen molar-refractivity contribution >= 4 is 6.09 Å². The Hall–Kier alpha value is -1.24. The number of ether oxygens (including phenoxy) is 1. The van der Waals surface area contributed by atoms with Crippen LogP contribution in [0.1, 0.15) is 33.1 Å². The number of carbonyl (C=O) groups is 1. The van der Waals surface area contributed by atoms with Gasteiger partial charge in [0.1, 0.15) is 0 Å². The summed E-state index contributed by atoms with van der Waals surface area (Å²) in [6, 6.07) is 1.83. The molecule has 74 valence electrons. The van der Waals surface area contributed by atoms with Crippen molar-refractivity contribution in [3.05, 3.63) is 0 Å². The summed E-state index contributed by atoms with van der Waals surface area (Å²) < 4.78 is 4.84. The number of unbranched alkanes of at least 4 members (excludes halogenated alkanes) is 1. The largest absolute Gasteiger partial charge is 0.450 e. The number of amides is 1. The van der Waals surface area contributed by atoms with E-state index < -0.39 is 6.09 Å². The maximum Gasteiger partial charge on any atom is 0.407 e. The summed E-state index contributed by atoms with van der Waals surface area (Å²) in [5, 5.41) is 10.9. The smallest absolute Gasteiger partial charge is 0.407 e. The van der Waals surface area contributed by atoms with Crippen LogP contribution in [-0.4, -0.2) is 18.7 Å². The van der Waals surface area contributed by atoms with Crippen molar-refractivity contribution in [2.75, 3.05) is 6.61 Å². The molecule has 0 saturated carbocycles. The van der Waals surface area contributed by atoms with Gasteiger partial charge in [-0.05, 0) is 13.3 Å². The van der Waals surface area contributed by atoms with Gasteiger partial charge in [-0.3, -0.25) is 0 Å². The van der Waals surface area contributed by atoms with E-state index in [2.05, 4.69) is 5.32 Å². The number of carbonyl (C=O) groups excluding carboxylic acids is 1. The van der Waals surface area contributed by atoms with Crippen LogP contribution in [0.4, 0.5) is 4.79 Å². The second kappa shape index (κ2) is 7.41. The lowest BCUT2D eigenvalue weighted by Gasteiger charge is -2.10. The number of rotatable bonds is 5. The molecule has 0 spiro atoms. The van der Waals surface area contributed by atoms with E-state index in [0.29, 0.717) is 13.0 Å². The number of hydrogen-bond donors (Lipinski definition) is 1. The Bertz CT molecular complexity index is 187. The SMILES string of the molecule is CCCCOC(=O)NC(C)CC#N. The first-order valence-corrected chi connectivity index (χ1v) is 4.51. The van der Waals surface area contributed by atoms with Crippen LogP contribution in [0, 0.1) is 11.3 Å². The number of nitriles is 1.